The molecular formula is C16H20N2O3. The highest BCUT2D eigenvalue weighted by atomic mass is 16.5. The minimum Gasteiger partial charge on any atom is -0.377 e. The van der Waals surface area contributed by atoms with Crippen molar-refractivity contribution in [2.75, 3.05) is 25.1 Å². The molecule has 2 aliphatic rings. The SMILES string of the molecule is CC1COCCN1C(=O)c1cccc(NC(=O)C2CC2)c1. The lowest BCUT2D eigenvalue weighted by molar-refractivity contribution is -0.117. The number of nitrogens with one attached hydrogen (secondary N) is 1. The molecule has 1 aromatic rings. The Kier molecular flexibility index (Phi) is 3.92. The molecule has 5 heteroatoms. The zero-order valence-corrected chi connectivity index (χ0v) is 12.2. The van der Waals surface area contributed by atoms with Crippen LogP contribution >= 0.6 is 0 Å². The van der Waals surface area contributed by atoms with Gasteiger partial charge in [-0.15, -0.1) is 0 Å². The Morgan fingerprint density at radius 3 is 2.86 bits per heavy atom. The average molecular weight is 288 g/mol. The molecule has 3 rings (SSSR count). The number of hydrogen-bond donors (Lipinski definition) is 1. The summed E-state index contributed by atoms with van der Waals surface area (Å²) in [7, 11) is 0. The Morgan fingerprint density at radius 1 is 1.33 bits per heavy atom. The van der Waals surface area contributed by atoms with Crippen LogP contribution in [0.5, 0.6) is 0 Å². The summed E-state index contributed by atoms with van der Waals surface area (Å²) in [5, 5.41) is 2.88. The fourth-order valence-electron chi connectivity index (χ4n) is 2.51. The Labute approximate surface area is 124 Å². The van der Waals surface area contributed by atoms with E-state index in [1.54, 1.807) is 18.2 Å². The van der Waals surface area contributed by atoms with E-state index >= 15 is 0 Å². The normalized spacial score (nSPS) is 22.0. The molecule has 0 aromatic heterocycles. The third-order valence-electron chi connectivity index (χ3n) is 3.95. The molecule has 112 valence electrons. The molecule has 1 aromatic carbocycles. The maximum Gasteiger partial charge on any atom is 0.254 e. The molecule has 1 N–H and O–H groups in total. The number of carbonyl (C=O) groups is 2. The molecule has 1 atom stereocenters. The summed E-state index contributed by atoms with van der Waals surface area (Å²) < 4.78 is 5.36. The number of hydrogen-bond acceptors (Lipinski definition) is 3. The largest absolute Gasteiger partial charge is 0.377 e. The molecular weight excluding hydrogens is 268 g/mol. The van der Waals surface area contributed by atoms with Crippen LogP contribution in [0.4, 0.5) is 5.69 Å². The minimum absolute atomic E-state index is 0.00618. The van der Waals surface area contributed by atoms with E-state index < -0.39 is 0 Å². The summed E-state index contributed by atoms with van der Waals surface area (Å²) >= 11 is 0. The second-order valence-corrected chi connectivity index (χ2v) is 5.77. The van der Waals surface area contributed by atoms with Gasteiger partial charge in [-0.25, -0.2) is 0 Å². The van der Waals surface area contributed by atoms with Gasteiger partial charge in [0.25, 0.3) is 5.91 Å². The fourth-order valence-corrected chi connectivity index (χ4v) is 2.51. The third kappa shape index (κ3) is 3.24. The van der Waals surface area contributed by atoms with Crippen LogP contribution in [-0.2, 0) is 9.53 Å². The van der Waals surface area contributed by atoms with E-state index in [0.29, 0.717) is 31.0 Å². The van der Waals surface area contributed by atoms with Gasteiger partial charge >= 0.3 is 0 Å². The number of anilines is 1. The molecule has 2 amide bonds. The highest BCUT2D eigenvalue weighted by molar-refractivity contribution is 5.98. The van der Waals surface area contributed by atoms with E-state index in [2.05, 4.69) is 5.32 Å². The summed E-state index contributed by atoms with van der Waals surface area (Å²) in [6.07, 6.45) is 1.94. The first-order chi connectivity index (χ1) is 10.1. The Morgan fingerprint density at radius 2 is 2.14 bits per heavy atom. The maximum absolute atomic E-state index is 12.6. The monoisotopic (exact) mass is 288 g/mol. The van der Waals surface area contributed by atoms with Crippen molar-refractivity contribution in [3.8, 4) is 0 Å². The number of benzene rings is 1. The van der Waals surface area contributed by atoms with Crippen LogP contribution in [0.2, 0.25) is 0 Å². The van der Waals surface area contributed by atoms with Gasteiger partial charge in [0.1, 0.15) is 0 Å². The number of nitrogens with zero attached hydrogens (tertiary/aromatic N) is 1. The Bertz CT molecular complexity index is 554. The molecule has 21 heavy (non-hydrogen) atoms. The molecule has 0 radical (unpaired) electrons. The van der Waals surface area contributed by atoms with E-state index in [4.69, 9.17) is 4.74 Å². The van der Waals surface area contributed by atoms with Crippen LogP contribution < -0.4 is 5.32 Å². The van der Waals surface area contributed by atoms with Crippen LogP contribution in [0.15, 0.2) is 24.3 Å². The second-order valence-electron chi connectivity index (χ2n) is 5.77. The van der Waals surface area contributed by atoms with Crippen molar-refractivity contribution >= 4 is 17.5 Å². The maximum atomic E-state index is 12.6. The predicted octanol–water partition coefficient (Wildman–Crippen LogP) is 1.90. The smallest absolute Gasteiger partial charge is 0.254 e. The predicted molar refractivity (Wildman–Crippen MR) is 79.1 cm³/mol. The van der Waals surface area contributed by atoms with Crippen molar-refractivity contribution in [1.82, 2.24) is 4.90 Å². The molecule has 1 unspecified atom stereocenters. The van der Waals surface area contributed by atoms with Crippen LogP contribution in [0.25, 0.3) is 0 Å². The Balaban J connectivity index is 1.72. The zero-order valence-electron chi connectivity index (χ0n) is 12.2. The van der Waals surface area contributed by atoms with E-state index in [9.17, 15) is 9.59 Å². The van der Waals surface area contributed by atoms with Gasteiger partial charge in [0.05, 0.1) is 19.3 Å². The molecule has 1 aliphatic heterocycles. The molecule has 5 nitrogen and oxygen atoms in total. The minimum atomic E-state index is -0.00618. The van der Waals surface area contributed by atoms with Gasteiger partial charge in [-0.3, -0.25) is 9.59 Å². The average Bonchev–Trinajstić information content (AvgIpc) is 3.32. The zero-order chi connectivity index (χ0) is 14.8. The highest BCUT2D eigenvalue weighted by Crippen LogP contribution is 2.30. The van der Waals surface area contributed by atoms with Crippen molar-refractivity contribution < 1.29 is 14.3 Å². The van der Waals surface area contributed by atoms with Gasteiger partial charge in [-0.05, 0) is 38.0 Å². The molecule has 2 fully saturated rings. The van der Waals surface area contributed by atoms with Gasteiger partial charge in [-0.1, -0.05) is 6.07 Å². The van der Waals surface area contributed by atoms with E-state index in [1.165, 1.54) is 0 Å². The summed E-state index contributed by atoms with van der Waals surface area (Å²) in [6.45, 7) is 3.74. The van der Waals surface area contributed by atoms with Crippen LogP contribution in [0.3, 0.4) is 0 Å². The molecule has 0 spiro atoms. The van der Waals surface area contributed by atoms with Gasteiger partial charge < -0.3 is 15.0 Å². The van der Waals surface area contributed by atoms with Crippen LogP contribution in [-0.4, -0.2) is 42.5 Å². The van der Waals surface area contributed by atoms with Crippen molar-refractivity contribution in [2.45, 2.75) is 25.8 Å². The lowest BCUT2D eigenvalue weighted by Crippen LogP contribution is -2.47. The molecule has 1 aliphatic carbocycles. The van der Waals surface area contributed by atoms with Gasteiger partial charge in [0, 0.05) is 23.7 Å². The van der Waals surface area contributed by atoms with Gasteiger partial charge in [0.2, 0.25) is 5.91 Å². The molecule has 0 bridgehead atoms. The van der Waals surface area contributed by atoms with Crippen molar-refractivity contribution in [1.29, 1.82) is 0 Å². The van der Waals surface area contributed by atoms with Crippen molar-refractivity contribution in [3.05, 3.63) is 29.8 Å². The quantitative estimate of drug-likeness (QED) is 0.924. The third-order valence-corrected chi connectivity index (χ3v) is 3.95. The lowest BCUT2D eigenvalue weighted by atomic mass is 10.1. The van der Waals surface area contributed by atoms with Crippen molar-refractivity contribution in [3.63, 3.8) is 0 Å². The first-order valence-electron chi connectivity index (χ1n) is 7.45. The fraction of sp³-hybridized carbons (Fsp3) is 0.500. The molecule has 1 saturated carbocycles. The standard InChI is InChI=1S/C16H20N2O3/c1-11-10-21-8-7-18(11)16(20)13-3-2-4-14(9-13)17-15(19)12-5-6-12/h2-4,9,11-12H,5-8,10H2,1H3,(H,17,19). The molecule has 1 heterocycles. The molecule has 1 saturated heterocycles. The van der Waals surface area contributed by atoms with Crippen LogP contribution in [0.1, 0.15) is 30.1 Å². The van der Waals surface area contributed by atoms with Crippen molar-refractivity contribution in [2.24, 2.45) is 5.92 Å². The topological polar surface area (TPSA) is 58.6 Å². The lowest BCUT2D eigenvalue weighted by Gasteiger charge is -2.33. The summed E-state index contributed by atoms with van der Waals surface area (Å²) in [4.78, 5) is 26.2. The first kappa shape index (κ1) is 14.1. The van der Waals surface area contributed by atoms with Gasteiger partial charge in [0.15, 0.2) is 0 Å². The number of carbonyl (C=O) groups excluding carboxylic acids is 2. The number of amides is 2. The summed E-state index contributed by atoms with van der Waals surface area (Å²) in [5.41, 5.74) is 1.30. The first-order valence-corrected chi connectivity index (χ1v) is 7.45. The number of rotatable bonds is 3. The van der Waals surface area contributed by atoms with Gasteiger partial charge in [-0.2, -0.15) is 0 Å². The summed E-state index contributed by atoms with van der Waals surface area (Å²) in [5.74, 6) is 0.205. The van der Waals surface area contributed by atoms with Crippen LogP contribution in [0, 0.1) is 5.92 Å². The number of ether oxygens (including phenoxy) is 1. The number of morpholine rings is 1. The van der Waals surface area contributed by atoms with E-state index in [0.717, 1.165) is 12.8 Å². The highest BCUT2D eigenvalue weighted by Gasteiger charge is 2.30. The Hall–Kier alpha value is -1.88. The van der Waals surface area contributed by atoms with E-state index in [1.807, 2.05) is 17.9 Å². The summed E-state index contributed by atoms with van der Waals surface area (Å²) in [6, 6.07) is 7.25. The second kappa shape index (κ2) is 5.85. The van der Waals surface area contributed by atoms with E-state index in [-0.39, 0.29) is 23.8 Å².